The molecule has 0 spiro atoms. The van der Waals surface area contributed by atoms with Crippen LogP contribution in [0.3, 0.4) is 0 Å². The number of rotatable bonds is 2. The van der Waals surface area contributed by atoms with Gasteiger partial charge in [0.25, 0.3) is 5.91 Å². The van der Waals surface area contributed by atoms with Crippen molar-refractivity contribution in [1.82, 2.24) is 20.4 Å². The molecule has 0 atom stereocenters. The normalized spacial score (nSPS) is 10.1. The first-order valence-corrected chi connectivity index (χ1v) is 4.78. The first-order chi connectivity index (χ1) is 7.70. The molecule has 0 aliphatic rings. The summed E-state index contributed by atoms with van der Waals surface area (Å²) in [5, 5.41) is 8.09. The van der Waals surface area contributed by atoms with Gasteiger partial charge in [0.2, 0.25) is 0 Å². The number of aromatic nitrogens is 3. The Bertz CT molecular complexity index is 507. The van der Waals surface area contributed by atoms with Gasteiger partial charge in [-0.2, -0.15) is 0 Å². The first kappa shape index (κ1) is 10.6. The Kier molecular flexibility index (Phi) is 2.84. The minimum atomic E-state index is -0.486. The number of amides is 1. The molecule has 82 valence electrons. The van der Waals surface area contributed by atoms with Gasteiger partial charge < -0.3 is 0 Å². The van der Waals surface area contributed by atoms with E-state index < -0.39 is 5.91 Å². The highest BCUT2D eigenvalue weighted by Gasteiger charge is 2.09. The number of nitrogen functional groups attached to an aromatic ring is 1. The number of hydrogen-bond acceptors (Lipinski definition) is 4. The molecule has 2 aromatic rings. The third kappa shape index (κ3) is 2.02. The van der Waals surface area contributed by atoms with Gasteiger partial charge in [0.05, 0.1) is 11.9 Å². The Morgan fingerprint density at radius 2 is 2.06 bits per heavy atom. The number of carbonyl (C=O) groups is 1. The topological polar surface area (TPSA) is 85.8 Å². The predicted octanol–water partition coefficient (Wildman–Crippen LogP) is 0.524. The summed E-state index contributed by atoms with van der Waals surface area (Å²) in [4.78, 5) is 11.1. The first-order valence-electron chi connectivity index (χ1n) is 4.40. The monoisotopic (exact) mass is 237 g/mol. The van der Waals surface area contributed by atoms with E-state index >= 15 is 0 Å². The summed E-state index contributed by atoms with van der Waals surface area (Å²) in [5.41, 5.74) is 2.89. The number of benzene rings is 1. The lowest BCUT2D eigenvalue weighted by atomic mass is 10.3. The van der Waals surface area contributed by atoms with Crippen molar-refractivity contribution >= 4 is 17.5 Å². The largest absolute Gasteiger partial charge is 0.289 e. The molecule has 1 heterocycles. The number of hydrazine groups is 1. The Hall–Kier alpha value is -1.92. The van der Waals surface area contributed by atoms with Crippen LogP contribution in [-0.4, -0.2) is 20.9 Å². The lowest BCUT2D eigenvalue weighted by Gasteiger charge is -1.98. The van der Waals surface area contributed by atoms with E-state index in [-0.39, 0.29) is 5.69 Å². The molecule has 16 heavy (non-hydrogen) atoms. The number of carbonyl (C=O) groups excluding carboxylic acids is 1. The van der Waals surface area contributed by atoms with Gasteiger partial charge in [-0.15, -0.1) is 5.10 Å². The maximum atomic E-state index is 11.1. The molecular weight excluding hydrogens is 230 g/mol. The van der Waals surface area contributed by atoms with Crippen molar-refractivity contribution in [2.45, 2.75) is 0 Å². The zero-order chi connectivity index (χ0) is 11.5. The van der Waals surface area contributed by atoms with Gasteiger partial charge in [-0.05, 0) is 24.3 Å². The van der Waals surface area contributed by atoms with E-state index in [0.717, 1.165) is 5.69 Å². The summed E-state index contributed by atoms with van der Waals surface area (Å²) < 4.78 is 1.46. The van der Waals surface area contributed by atoms with Crippen LogP contribution in [0.25, 0.3) is 5.69 Å². The van der Waals surface area contributed by atoms with Crippen LogP contribution in [0.15, 0.2) is 30.5 Å². The Balaban J connectivity index is 2.31. The van der Waals surface area contributed by atoms with Gasteiger partial charge in [0.1, 0.15) is 0 Å². The SMILES string of the molecule is NNC(=O)c1cn(-c2ccc(Cl)cc2)nn1. The molecule has 3 N–H and O–H groups in total. The van der Waals surface area contributed by atoms with E-state index in [9.17, 15) is 4.79 Å². The zero-order valence-corrected chi connectivity index (χ0v) is 8.85. The van der Waals surface area contributed by atoms with Crippen LogP contribution >= 0.6 is 11.6 Å². The summed E-state index contributed by atoms with van der Waals surface area (Å²) in [7, 11) is 0. The van der Waals surface area contributed by atoms with Gasteiger partial charge in [0.15, 0.2) is 5.69 Å². The number of nitrogens with two attached hydrogens (primary N) is 1. The standard InChI is InChI=1S/C9H8ClN5O/c10-6-1-3-7(4-2-6)15-5-8(13-14-15)9(16)12-11/h1-5H,11H2,(H,12,16). The van der Waals surface area contributed by atoms with Crippen molar-refractivity contribution < 1.29 is 4.79 Å². The summed E-state index contributed by atoms with van der Waals surface area (Å²) >= 11 is 5.75. The average Bonchev–Trinajstić information content (AvgIpc) is 2.78. The third-order valence-corrected chi connectivity index (χ3v) is 2.20. The van der Waals surface area contributed by atoms with E-state index in [0.29, 0.717) is 5.02 Å². The van der Waals surface area contributed by atoms with Crippen LogP contribution in [0.2, 0.25) is 5.02 Å². The molecule has 1 aromatic carbocycles. The summed E-state index contributed by atoms with van der Waals surface area (Å²) in [6.07, 6.45) is 1.48. The van der Waals surface area contributed by atoms with Crippen molar-refractivity contribution in [3.8, 4) is 5.69 Å². The Labute approximate surface area is 96.0 Å². The van der Waals surface area contributed by atoms with E-state index in [4.69, 9.17) is 17.4 Å². The fourth-order valence-electron chi connectivity index (χ4n) is 1.16. The molecule has 0 aliphatic carbocycles. The molecule has 1 aromatic heterocycles. The molecule has 2 rings (SSSR count). The lowest BCUT2D eigenvalue weighted by Crippen LogP contribution is -2.30. The van der Waals surface area contributed by atoms with Crippen LogP contribution in [-0.2, 0) is 0 Å². The maximum absolute atomic E-state index is 11.1. The van der Waals surface area contributed by atoms with Gasteiger partial charge in [-0.3, -0.25) is 10.2 Å². The minimum absolute atomic E-state index is 0.150. The Morgan fingerprint density at radius 3 is 2.69 bits per heavy atom. The van der Waals surface area contributed by atoms with Gasteiger partial charge >= 0.3 is 0 Å². The fraction of sp³-hybridized carbons (Fsp3) is 0. The van der Waals surface area contributed by atoms with Gasteiger partial charge in [0, 0.05) is 5.02 Å². The van der Waals surface area contributed by atoms with Crippen molar-refractivity contribution in [3.05, 3.63) is 41.2 Å². The molecule has 0 unspecified atom stereocenters. The number of halogens is 1. The maximum Gasteiger partial charge on any atom is 0.287 e. The highest BCUT2D eigenvalue weighted by molar-refractivity contribution is 6.30. The second-order valence-corrected chi connectivity index (χ2v) is 3.43. The van der Waals surface area contributed by atoms with Crippen LogP contribution in [0.5, 0.6) is 0 Å². The summed E-state index contributed by atoms with van der Waals surface area (Å²) in [6.45, 7) is 0. The van der Waals surface area contributed by atoms with Crippen molar-refractivity contribution in [2.75, 3.05) is 0 Å². The van der Waals surface area contributed by atoms with Gasteiger partial charge in [-0.1, -0.05) is 16.8 Å². The zero-order valence-electron chi connectivity index (χ0n) is 8.09. The fourth-order valence-corrected chi connectivity index (χ4v) is 1.29. The van der Waals surface area contributed by atoms with E-state index in [1.807, 2.05) is 5.43 Å². The van der Waals surface area contributed by atoms with Gasteiger partial charge in [-0.25, -0.2) is 10.5 Å². The molecule has 0 radical (unpaired) electrons. The van der Waals surface area contributed by atoms with Crippen LogP contribution < -0.4 is 11.3 Å². The molecule has 6 nitrogen and oxygen atoms in total. The molecule has 7 heteroatoms. The average molecular weight is 238 g/mol. The molecule has 0 saturated heterocycles. The molecule has 0 fully saturated rings. The van der Waals surface area contributed by atoms with E-state index in [1.165, 1.54) is 10.9 Å². The molecule has 0 aliphatic heterocycles. The van der Waals surface area contributed by atoms with Crippen LogP contribution in [0.1, 0.15) is 10.5 Å². The molecule has 0 saturated carbocycles. The number of nitrogens with zero attached hydrogens (tertiary/aromatic N) is 3. The number of nitrogens with one attached hydrogen (secondary N) is 1. The van der Waals surface area contributed by atoms with E-state index in [1.54, 1.807) is 24.3 Å². The second kappa shape index (κ2) is 4.30. The lowest BCUT2D eigenvalue weighted by molar-refractivity contribution is 0.0948. The second-order valence-electron chi connectivity index (χ2n) is 3.00. The van der Waals surface area contributed by atoms with Crippen molar-refractivity contribution in [1.29, 1.82) is 0 Å². The summed E-state index contributed by atoms with van der Waals surface area (Å²) in [6, 6.07) is 6.98. The molecular formula is C9H8ClN5O. The predicted molar refractivity (Wildman–Crippen MR) is 58.0 cm³/mol. The number of hydrogen-bond donors (Lipinski definition) is 2. The smallest absolute Gasteiger partial charge is 0.287 e. The third-order valence-electron chi connectivity index (χ3n) is 1.95. The molecule has 1 amide bonds. The van der Waals surface area contributed by atoms with Crippen molar-refractivity contribution in [2.24, 2.45) is 5.84 Å². The summed E-state index contributed by atoms with van der Waals surface area (Å²) in [5.74, 6) is 4.49. The van der Waals surface area contributed by atoms with Crippen LogP contribution in [0.4, 0.5) is 0 Å². The molecule has 0 bridgehead atoms. The van der Waals surface area contributed by atoms with Crippen molar-refractivity contribution in [3.63, 3.8) is 0 Å². The Morgan fingerprint density at radius 1 is 1.38 bits per heavy atom. The quantitative estimate of drug-likeness (QED) is 0.453. The highest BCUT2D eigenvalue weighted by atomic mass is 35.5. The van der Waals surface area contributed by atoms with E-state index in [2.05, 4.69) is 10.3 Å². The van der Waals surface area contributed by atoms with Crippen LogP contribution in [0, 0.1) is 0 Å². The highest BCUT2D eigenvalue weighted by Crippen LogP contribution is 2.12. The minimum Gasteiger partial charge on any atom is -0.289 e.